The summed E-state index contributed by atoms with van der Waals surface area (Å²) in [5, 5.41) is 3.59. The van der Waals surface area contributed by atoms with E-state index in [0.29, 0.717) is 12.1 Å². The smallest absolute Gasteiger partial charge is 0.128 e. The number of nitrogens with one attached hydrogen (secondary N) is 1. The third-order valence-corrected chi connectivity index (χ3v) is 4.98. The van der Waals surface area contributed by atoms with Gasteiger partial charge in [0, 0.05) is 28.6 Å². The molecule has 0 aliphatic carbocycles. The molecule has 1 aliphatic heterocycles. The molecule has 0 amide bonds. The summed E-state index contributed by atoms with van der Waals surface area (Å²) in [5.74, 6) is 3.48. The maximum Gasteiger partial charge on any atom is 0.128 e. The minimum Gasteiger partial charge on any atom is -0.324 e. The number of hydrogen-bond acceptors (Lipinski definition) is 3. The van der Waals surface area contributed by atoms with E-state index in [1.807, 2.05) is 11.8 Å². The van der Waals surface area contributed by atoms with E-state index in [9.17, 15) is 0 Å². The first-order valence-corrected chi connectivity index (χ1v) is 8.60. The second kappa shape index (κ2) is 5.46. The van der Waals surface area contributed by atoms with Gasteiger partial charge in [-0.2, -0.15) is 11.8 Å². The predicted octanol–water partition coefficient (Wildman–Crippen LogP) is 3.76. The fraction of sp³-hybridized carbons (Fsp3) is 0.500. The van der Waals surface area contributed by atoms with Gasteiger partial charge in [-0.1, -0.05) is 15.9 Å². The number of imidazole rings is 1. The molecule has 2 aromatic rings. The molecule has 0 saturated carbocycles. The van der Waals surface area contributed by atoms with Gasteiger partial charge in [-0.05, 0) is 32.0 Å². The van der Waals surface area contributed by atoms with Gasteiger partial charge in [-0.15, -0.1) is 0 Å². The molecule has 5 heteroatoms. The lowest BCUT2D eigenvalue weighted by Crippen LogP contribution is -2.32. The van der Waals surface area contributed by atoms with Gasteiger partial charge in [-0.25, -0.2) is 4.98 Å². The van der Waals surface area contributed by atoms with Crippen LogP contribution in [0.25, 0.3) is 11.0 Å². The summed E-state index contributed by atoms with van der Waals surface area (Å²) in [6.07, 6.45) is 0. The van der Waals surface area contributed by atoms with Gasteiger partial charge in [0.15, 0.2) is 0 Å². The van der Waals surface area contributed by atoms with Crippen molar-refractivity contribution < 1.29 is 0 Å². The Morgan fingerprint density at radius 3 is 3.00 bits per heavy atom. The SMILES string of the molecule is CC(C)n1c(C2CSCCN2)nc2cc(Br)ccc21. The van der Waals surface area contributed by atoms with Crippen LogP contribution in [0.5, 0.6) is 0 Å². The fourth-order valence-electron chi connectivity index (χ4n) is 2.61. The molecule has 1 saturated heterocycles. The molecule has 102 valence electrons. The number of benzene rings is 1. The molecule has 1 aliphatic rings. The molecule has 3 rings (SSSR count). The predicted molar refractivity (Wildman–Crippen MR) is 85.9 cm³/mol. The molecule has 1 fully saturated rings. The van der Waals surface area contributed by atoms with Crippen molar-refractivity contribution in [1.29, 1.82) is 0 Å². The number of thioether (sulfide) groups is 1. The highest BCUT2D eigenvalue weighted by atomic mass is 79.9. The normalized spacial score (nSPS) is 20.3. The quantitative estimate of drug-likeness (QED) is 0.903. The summed E-state index contributed by atoms with van der Waals surface area (Å²) in [5.41, 5.74) is 2.31. The van der Waals surface area contributed by atoms with Crippen molar-refractivity contribution in [2.45, 2.75) is 25.9 Å². The average molecular weight is 340 g/mol. The molecule has 1 atom stereocenters. The van der Waals surface area contributed by atoms with Gasteiger partial charge in [0.05, 0.1) is 17.1 Å². The summed E-state index contributed by atoms with van der Waals surface area (Å²) < 4.78 is 3.46. The summed E-state index contributed by atoms with van der Waals surface area (Å²) in [7, 11) is 0. The van der Waals surface area contributed by atoms with Gasteiger partial charge < -0.3 is 9.88 Å². The Bertz CT molecular complexity index is 588. The van der Waals surface area contributed by atoms with Gasteiger partial charge in [-0.3, -0.25) is 0 Å². The van der Waals surface area contributed by atoms with Crippen molar-refractivity contribution >= 4 is 38.7 Å². The van der Waals surface area contributed by atoms with Crippen LogP contribution >= 0.6 is 27.7 Å². The second-order valence-corrected chi connectivity index (χ2v) is 7.21. The van der Waals surface area contributed by atoms with Crippen LogP contribution in [-0.4, -0.2) is 27.6 Å². The molecule has 3 nitrogen and oxygen atoms in total. The van der Waals surface area contributed by atoms with E-state index in [0.717, 1.165) is 22.3 Å². The van der Waals surface area contributed by atoms with Gasteiger partial charge in [0.2, 0.25) is 0 Å². The summed E-state index contributed by atoms with van der Waals surface area (Å²) in [6.45, 7) is 5.52. The first-order valence-electron chi connectivity index (χ1n) is 6.65. The van der Waals surface area contributed by atoms with E-state index >= 15 is 0 Å². The van der Waals surface area contributed by atoms with Crippen LogP contribution < -0.4 is 5.32 Å². The number of fused-ring (bicyclic) bond motifs is 1. The van der Waals surface area contributed by atoms with E-state index in [1.165, 1.54) is 17.1 Å². The van der Waals surface area contributed by atoms with E-state index in [1.54, 1.807) is 0 Å². The molecule has 1 aromatic heterocycles. The maximum absolute atomic E-state index is 4.88. The molecule has 1 N–H and O–H groups in total. The molecule has 2 heterocycles. The van der Waals surface area contributed by atoms with Crippen LogP contribution in [-0.2, 0) is 0 Å². The van der Waals surface area contributed by atoms with E-state index in [4.69, 9.17) is 4.98 Å². The van der Waals surface area contributed by atoms with Crippen LogP contribution in [0.2, 0.25) is 0 Å². The van der Waals surface area contributed by atoms with Crippen molar-refractivity contribution in [1.82, 2.24) is 14.9 Å². The fourth-order valence-corrected chi connectivity index (χ4v) is 3.89. The van der Waals surface area contributed by atoms with Crippen LogP contribution in [0.1, 0.15) is 31.8 Å². The highest BCUT2D eigenvalue weighted by molar-refractivity contribution is 9.10. The Hall–Kier alpha value is -0.520. The lowest BCUT2D eigenvalue weighted by atomic mass is 10.2. The van der Waals surface area contributed by atoms with Crippen molar-refractivity contribution in [3.63, 3.8) is 0 Å². The third-order valence-electron chi connectivity index (χ3n) is 3.43. The first kappa shape index (κ1) is 13.5. The molecule has 1 aromatic carbocycles. The Morgan fingerprint density at radius 1 is 1.47 bits per heavy atom. The van der Waals surface area contributed by atoms with Crippen LogP contribution in [0, 0.1) is 0 Å². The minimum absolute atomic E-state index is 0.368. The Labute approximate surface area is 126 Å². The number of aromatic nitrogens is 2. The molecule has 0 spiro atoms. The van der Waals surface area contributed by atoms with Crippen molar-refractivity contribution in [2.75, 3.05) is 18.1 Å². The Kier molecular flexibility index (Phi) is 3.87. The number of hydrogen-bond donors (Lipinski definition) is 1. The summed E-state index contributed by atoms with van der Waals surface area (Å²) in [4.78, 5) is 4.88. The first-order chi connectivity index (χ1) is 9.16. The number of rotatable bonds is 2. The van der Waals surface area contributed by atoms with Crippen molar-refractivity contribution in [3.05, 3.63) is 28.5 Å². The maximum atomic E-state index is 4.88. The van der Waals surface area contributed by atoms with E-state index < -0.39 is 0 Å². The lowest BCUT2D eigenvalue weighted by molar-refractivity contribution is 0.501. The zero-order valence-corrected chi connectivity index (χ0v) is 13.6. The van der Waals surface area contributed by atoms with Crippen molar-refractivity contribution in [3.8, 4) is 0 Å². The second-order valence-electron chi connectivity index (χ2n) is 5.15. The van der Waals surface area contributed by atoms with Crippen LogP contribution in [0.4, 0.5) is 0 Å². The van der Waals surface area contributed by atoms with Gasteiger partial charge >= 0.3 is 0 Å². The van der Waals surface area contributed by atoms with Crippen molar-refractivity contribution in [2.24, 2.45) is 0 Å². The molecule has 1 unspecified atom stereocenters. The summed E-state index contributed by atoms with van der Waals surface area (Å²) >= 11 is 5.54. The molecule has 0 radical (unpaired) electrons. The van der Waals surface area contributed by atoms with E-state index in [2.05, 4.69) is 57.9 Å². The zero-order valence-electron chi connectivity index (χ0n) is 11.2. The largest absolute Gasteiger partial charge is 0.324 e. The summed E-state index contributed by atoms with van der Waals surface area (Å²) in [6, 6.07) is 7.15. The standard InChI is InChI=1S/C14H18BrN3S/c1-9(2)18-13-4-3-10(15)7-11(13)17-14(18)12-8-19-6-5-16-12/h3-4,7,9,12,16H,5-6,8H2,1-2H3. The molecular formula is C14H18BrN3S. The van der Waals surface area contributed by atoms with Crippen LogP contribution in [0.15, 0.2) is 22.7 Å². The molecular weight excluding hydrogens is 322 g/mol. The minimum atomic E-state index is 0.368. The van der Waals surface area contributed by atoms with E-state index in [-0.39, 0.29) is 0 Å². The Morgan fingerprint density at radius 2 is 2.32 bits per heavy atom. The van der Waals surface area contributed by atoms with Crippen LogP contribution in [0.3, 0.4) is 0 Å². The topological polar surface area (TPSA) is 29.9 Å². The highest BCUT2D eigenvalue weighted by Gasteiger charge is 2.23. The number of nitrogens with zero attached hydrogens (tertiary/aromatic N) is 2. The molecule has 19 heavy (non-hydrogen) atoms. The zero-order chi connectivity index (χ0) is 13.4. The lowest BCUT2D eigenvalue weighted by Gasteiger charge is -2.25. The highest BCUT2D eigenvalue weighted by Crippen LogP contribution is 2.29. The van der Waals surface area contributed by atoms with Gasteiger partial charge in [0.25, 0.3) is 0 Å². The van der Waals surface area contributed by atoms with Gasteiger partial charge in [0.1, 0.15) is 5.82 Å². The molecule has 0 bridgehead atoms. The average Bonchev–Trinajstić information content (AvgIpc) is 2.78. The monoisotopic (exact) mass is 339 g/mol. The third kappa shape index (κ3) is 2.56. The Balaban J connectivity index is 2.13. The number of halogens is 1.